The Kier molecular flexibility index (Phi) is 6.06. The van der Waals surface area contributed by atoms with Crippen molar-refractivity contribution in [2.75, 3.05) is 38.0 Å². The van der Waals surface area contributed by atoms with Crippen LogP contribution in [0.3, 0.4) is 0 Å². The second-order valence-electron chi connectivity index (χ2n) is 7.33. The van der Waals surface area contributed by atoms with Gasteiger partial charge in [-0.15, -0.1) is 0 Å². The van der Waals surface area contributed by atoms with Crippen molar-refractivity contribution in [1.82, 2.24) is 19.8 Å². The predicted octanol–water partition coefficient (Wildman–Crippen LogP) is 3.43. The third-order valence-corrected chi connectivity index (χ3v) is 5.16. The van der Waals surface area contributed by atoms with Crippen LogP contribution < -0.4 is 5.32 Å². The zero-order valence-electron chi connectivity index (χ0n) is 16.7. The van der Waals surface area contributed by atoms with E-state index in [1.54, 1.807) is 12.4 Å². The molecular formula is C21H29N5O. The highest BCUT2D eigenvalue weighted by molar-refractivity contribution is 5.92. The van der Waals surface area contributed by atoms with E-state index in [2.05, 4.69) is 66.1 Å². The summed E-state index contributed by atoms with van der Waals surface area (Å²) in [5.74, 6) is 1.02. The average Bonchev–Trinajstić information content (AvgIpc) is 2.69. The average molecular weight is 367 g/mol. The van der Waals surface area contributed by atoms with Crippen LogP contribution in [0.25, 0.3) is 0 Å². The molecule has 1 amide bonds. The van der Waals surface area contributed by atoms with Crippen molar-refractivity contribution in [1.29, 1.82) is 0 Å². The van der Waals surface area contributed by atoms with Gasteiger partial charge in [-0.05, 0) is 30.5 Å². The lowest BCUT2D eigenvalue weighted by Gasteiger charge is -2.33. The second-order valence-corrected chi connectivity index (χ2v) is 7.33. The van der Waals surface area contributed by atoms with Gasteiger partial charge in [0, 0.05) is 31.9 Å². The highest BCUT2D eigenvalue weighted by atomic mass is 16.2. The molecule has 0 unspecified atom stereocenters. The van der Waals surface area contributed by atoms with E-state index in [9.17, 15) is 4.79 Å². The lowest BCUT2D eigenvalue weighted by Crippen LogP contribution is -2.48. The smallest absolute Gasteiger partial charge is 0.274 e. The Balaban J connectivity index is 1.70. The summed E-state index contributed by atoms with van der Waals surface area (Å²) >= 11 is 0. The molecule has 2 heterocycles. The Morgan fingerprint density at radius 3 is 2.48 bits per heavy atom. The summed E-state index contributed by atoms with van der Waals surface area (Å²) in [6.45, 7) is 12.9. The number of aromatic nitrogens is 2. The molecule has 6 heteroatoms. The molecule has 1 fully saturated rings. The maximum absolute atomic E-state index is 12.6. The number of nitrogens with one attached hydrogen (secondary N) is 1. The van der Waals surface area contributed by atoms with E-state index in [0.717, 1.165) is 44.0 Å². The molecular weight excluding hydrogens is 338 g/mol. The van der Waals surface area contributed by atoms with Gasteiger partial charge < -0.3 is 15.1 Å². The highest BCUT2D eigenvalue weighted by Gasteiger charge is 2.22. The number of rotatable bonds is 5. The van der Waals surface area contributed by atoms with Crippen LogP contribution >= 0.6 is 0 Å². The molecule has 2 aromatic rings. The zero-order valence-corrected chi connectivity index (χ0v) is 16.7. The van der Waals surface area contributed by atoms with Gasteiger partial charge in [0.1, 0.15) is 11.5 Å². The molecule has 1 aromatic heterocycles. The fourth-order valence-corrected chi connectivity index (χ4v) is 3.40. The van der Waals surface area contributed by atoms with Crippen LogP contribution in [-0.2, 0) is 0 Å². The van der Waals surface area contributed by atoms with Crippen molar-refractivity contribution >= 4 is 17.4 Å². The van der Waals surface area contributed by atoms with Gasteiger partial charge in [0.25, 0.3) is 5.91 Å². The molecule has 3 rings (SSSR count). The molecule has 0 aliphatic carbocycles. The summed E-state index contributed by atoms with van der Waals surface area (Å²) in [4.78, 5) is 25.6. The van der Waals surface area contributed by atoms with Crippen LogP contribution in [0.4, 0.5) is 11.5 Å². The quantitative estimate of drug-likeness (QED) is 0.877. The monoisotopic (exact) mass is 367 g/mol. The third kappa shape index (κ3) is 4.45. The minimum absolute atomic E-state index is 0.0384. The number of hydrogen-bond donors (Lipinski definition) is 1. The SMILES string of the molecule is CCN1CCN(C(=O)c2cnc(Nc3c(C)cccc3C(C)C)cn2)CC1. The van der Waals surface area contributed by atoms with E-state index in [-0.39, 0.29) is 5.91 Å². The summed E-state index contributed by atoms with van der Waals surface area (Å²) in [6.07, 6.45) is 3.22. The van der Waals surface area contributed by atoms with Gasteiger partial charge in [-0.1, -0.05) is 39.0 Å². The summed E-state index contributed by atoms with van der Waals surface area (Å²) in [5.41, 5.74) is 3.87. The van der Waals surface area contributed by atoms with Crippen molar-refractivity contribution in [2.45, 2.75) is 33.6 Å². The molecule has 0 bridgehead atoms. The number of likely N-dealkylation sites (N-methyl/N-ethyl adjacent to an activating group) is 1. The number of aryl methyl sites for hydroxylation is 1. The fraction of sp³-hybridized carbons (Fsp3) is 0.476. The van der Waals surface area contributed by atoms with Crippen molar-refractivity contribution < 1.29 is 4.79 Å². The van der Waals surface area contributed by atoms with Crippen LogP contribution in [0.2, 0.25) is 0 Å². The molecule has 0 atom stereocenters. The maximum Gasteiger partial charge on any atom is 0.274 e. The Morgan fingerprint density at radius 2 is 1.89 bits per heavy atom. The van der Waals surface area contributed by atoms with Gasteiger partial charge in [0.05, 0.1) is 12.4 Å². The minimum Gasteiger partial charge on any atom is -0.338 e. The summed E-state index contributed by atoms with van der Waals surface area (Å²) in [6, 6.07) is 6.28. The van der Waals surface area contributed by atoms with E-state index in [1.165, 1.54) is 5.56 Å². The normalized spacial score (nSPS) is 15.2. The van der Waals surface area contributed by atoms with Gasteiger partial charge in [-0.25, -0.2) is 9.97 Å². The van der Waals surface area contributed by atoms with Gasteiger partial charge in [0.2, 0.25) is 0 Å². The summed E-state index contributed by atoms with van der Waals surface area (Å²) in [5, 5.41) is 3.38. The number of hydrogen-bond acceptors (Lipinski definition) is 5. The largest absolute Gasteiger partial charge is 0.338 e. The van der Waals surface area contributed by atoms with E-state index in [0.29, 0.717) is 17.4 Å². The molecule has 6 nitrogen and oxygen atoms in total. The van der Waals surface area contributed by atoms with Crippen LogP contribution in [0.1, 0.15) is 48.3 Å². The molecule has 1 N–H and O–H groups in total. The molecule has 1 aliphatic heterocycles. The van der Waals surface area contributed by atoms with Crippen LogP contribution in [0.15, 0.2) is 30.6 Å². The number of nitrogens with zero attached hydrogens (tertiary/aromatic N) is 4. The lowest BCUT2D eigenvalue weighted by molar-refractivity contribution is 0.0637. The van der Waals surface area contributed by atoms with Crippen LogP contribution in [-0.4, -0.2) is 58.4 Å². The Hall–Kier alpha value is -2.47. The number of carbonyl (C=O) groups excluding carboxylic acids is 1. The number of benzene rings is 1. The first-order chi connectivity index (χ1) is 13.0. The zero-order chi connectivity index (χ0) is 19.4. The molecule has 144 valence electrons. The maximum atomic E-state index is 12.6. The van der Waals surface area contributed by atoms with Crippen molar-refractivity contribution in [2.24, 2.45) is 0 Å². The van der Waals surface area contributed by atoms with Crippen LogP contribution in [0.5, 0.6) is 0 Å². The molecule has 0 radical (unpaired) electrons. The van der Waals surface area contributed by atoms with E-state index < -0.39 is 0 Å². The number of para-hydroxylation sites is 1. The molecule has 1 aliphatic rings. The molecule has 1 saturated heterocycles. The first kappa shape index (κ1) is 19.3. The topological polar surface area (TPSA) is 61.4 Å². The number of anilines is 2. The Morgan fingerprint density at radius 1 is 1.15 bits per heavy atom. The van der Waals surface area contributed by atoms with E-state index >= 15 is 0 Å². The van der Waals surface area contributed by atoms with Gasteiger partial charge in [0.15, 0.2) is 0 Å². The molecule has 0 spiro atoms. The summed E-state index contributed by atoms with van der Waals surface area (Å²) < 4.78 is 0. The number of amides is 1. The summed E-state index contributed by atoms with van der Waals surface area (Å²) in [7, 11) is 0. The highest BCUT2D eigenvalue weighted by Crippen LogP contribution is 2.29. The van der Waals surface area contributed by atoms with Gasteiger partial charge >= 0.3 is 0 Å². The standard InChI is InChI=1S/C21H29N5O/c1-5-25-9-11-26(12-10-25)21(27)18-13-23-19(14-22-18)24-20-16(4)7-6-8-17(20)15(2)3/h6-8,13-15H,5,9-12H2,1-4H3,(H,23,24). The number of piperazine rings is 1. The number of carbonyl (C=O) groups is 1. The Bertz CT molecular complexity index is 780. The molecule has 1 aromatic carbocycles. The first-order valence-corrected chi connectivity index (χ1v) is 9.69. The Labute approximate surface area is 161 Å². The van der Waals surface area contributed by atoms with E-state index in [4.69, 9.17) is 0 Å². The fourth-order valence-electron chi connectivity index (χ4n) is 3.40. The first-order valence-electron chi connectivity index (χ1n) is 9.69. The second kappa shape index (κ2) is 8.48. The van der Waals surface area contributed by atoms with Gasteiger partial charge in [-0.2, -0.15) is 0 Å². The minimum atomic E-state index is -0.0384. The molecule has 27 heavy (non-hydrogen) atoms. The molecule has 0 saturated carbocycles. The third-order valence-electron chi connectivity index (χ3n) is 5.16. The van der Waals surface area contributed by atoms with Crippen LogP contribution in [0, 0.1) is 6.92 Å². The van der Waals surface area contributed by atoms with Crippen molar-refractivity contribution in [3.05, 3.63) is 47.4 Å². The van der Waals surface area contributed by atoms with Crippen molar-refractivity contribution in [3.8, 4) is 0 Å². The predicted molar refractivity (Wildman–Crippen MR) is 109 cm³/mol. The van der Waals surface area contributed by atoms with Gasteiger partial charge in [-0.3, -0.25) is 4.79 Å². The lowest BCUT2D eigenvalue weighted by atomic mass is 9.98. The van der Waals surface area contributed by atoms with Crippen molar-refractivity contribution in [3.63, 3.8) is 0 Å². The van der Waals surface area contributed by atoms with E-state index in [1.807, 2.05) is 4.90 Å².